The van der Waals surface area contributed by atoms with Crippen LogP contribution in [0.15, 0.2) is 30.3 Å². The van der Waals surface area contributed by atoms with Crippen LogP contribution in [0.2, 0.25) is 0 Å². The molecular weight excluding hydrogens is 286 g/mol. The zero-order valence-electron chi connectivity index (χ0n) is 14.6. The van der Waals surface area contributed by atoms with Gasteiger partial charge in [-0.2, -0.15) is 0 Å². The van der Waals surface area contributed by atoms with Gasteiger partial charge in [-0.25, -0.2) is 0 Å². The van der Waals surface area contributed by atoms with E-state index < -0.39 is 0 Å². The highest BCUT2D eigenvalue weighted by Gasteiger charge is 2.10. The first-order valence-corrected chi connectivity index (χ1v) is 8.45. The largest absolute Gasteiger partial charge is 0.351 e. The Labute approximate surface area is 140 Å². The molecule has 4 nitrogen and oxygen atoms in total. The van der Waals surface area contributed by atoms with Crippen molar-refractivity contribution >= 4 is 12.0 Å². The van der Waals surface area contributed by atoms with E-state index in [-0.39, 0.29) is 11.3 Å². The molecule has 1 heterocycles. The Hall–Kier alpha value is -1.65. The van der Waals surface area contributed by atoms with Gasteiger partial charge in [0.1, 0.15) is 0 Å². The molecule has 2 rings (SSSR count). The first-order valence-electron chi connectivity index (χ1n) is 8.45. The lowest BCUT2D eigenvalue weighted by molar-refractivity contribution is 0.0947. The molecule has 1 amide bonds. The number of amides is 1. The van der Waals surface area contributed by atoms with Crippen LogP contribution in [0.4, 0.5) is 0 Å². The van der Waals surface area contributed by atoms with Crippen molar-refractivity contribution in [2.24, 2.45) is 5.41 Å². The number of carbonyl (C=O) groups is 1. The zero-order chi connectivity index (χ0) is 16.7. The van der Waals surface area contributed by atoms with Gasteiger partial charge in [-0.1, -0.05) is 45.1 Å². The number of nitrogens with one attached hydrogen (secondary N) is 2. The molecule has 0 unspecified atom stereocenters. The molecule has 0 saturated carbocycles. The van der Waals surface area contributed by atoms with Crippen molar-refractivity contribution in [3.8, 4) is 0 Å². The average molecular weight is 315 g/mol. The molecule has 1 aromatic carbocycles. The van der Waals surface area contributed by atoms with E-state index in [1.54, 1.807) is 0 Å². The van der Waals surface area contributed by atoms with Gasteiger partial charge in [-0.15, -0.1) is 0 Å². The van der Waals surface area contributed by atoms with Crippen molar-refractivity contribution in [3.63, 3.8) is 0 Å². The fourth-order valence-corrected chi connectivity index (χ4v) is 2.46. The van der Waals surface area contributed by atoms with Gasteiger partial charge >= 0.3 is 0 Å². The third-order valence-corrected chi connectivity index (χ3v) is 3.87. The van der Waals surface area contributed by atoms with Crippen molar-refractivity contribution in [3.05, 3.63) is 41.5 Å². The maximum atomic E-state index is 12.2. The van der Waals surface area contributed by atoms with Gasteiger partial charge in [-0.3, -0.25) is 9.69 Å². The van der Waals surface area contributed by atoms with Gasteiger partial charge in [0.2, 0.25) is 0 Å². The van der Waals surface area contributed by atoms with Crippen LogP contribution in [0.1, 0.15) is 36.7 Å². The second kappa shape index (κ2) is 8.27. The van der Waals surface area contributed by atoms with Crippen molar-refractivity contribution < 1.29 is 4.79 Å². The summed E-state index contributed by atoms with van der Waals surface area (Å²) < 4.78 is 0. The summed E-state index contributed by atoms with van der Waals surface area (Å²) in [6.07, 6.45) is 4.28. The van der Waals surface area contributed by atoms with Crippen LogP contribution in [-0.4, -0.2) is 50.1 Å². The number of allylic oxidation sites excluding steroid dienone is 1. The van der Waals surface area contributed by atoms with Gasteiger partial charge in [0.25, 0.3) is 5.91 Å². The summed E-state index contributed by atoms with van der Waals surface area (Å²) in [7, 11) is 0. The molecular formula is C19H29N3O. The first kappa shape index (κ1) is 17.7. The number of nitrogens with zero attached hydrogens (tertiary/aromatic N) is 1. The Morgan fingerprint density at radius 2 is 1.87 bits per heavy atom. The SMILES string of the molecule is CC(C)(C)C=Cc1ccc(C(=O)NCCN2CCNCC2)cc1. The monoisotopic (exact) mass is 315 g/mol. The highest BCUT2D eigenvalue weighted by atomic mass is 16.1. The fourth-order valence-electron chi connectivity index (χ4n) is 2.46. The van der Waals surface area contributed by atoms with E-state index >= 15 is 0 Å². The Kier molecular flexibility index (Phi) is 6.37. The highest BCUT2D eigenvalue weighted by molar-refractivity contribution is 5.94. The molecule has 0 spiro atoms. The summed E-state index contributed by atoms with van der Waals surface area (Å²) in [5, 5.41) is 6.33. The molecule has 1 fully saturated rings. The van der Waals surface area contributed by atoms with Gasteiger partial charge < -0.3 is 10.6 Å². The minimum atomic E-state index is 0.00601. The van der Waals surface area contributed by atoms with Crippen LogP contribution < -0.4 is 10.6 Å². The summed E-state index contributed by atoms with van der Waals surface area (Å²) in [6, 6.07) is 7.77. The van der Waals surface area contributed by atoms with Gasteiger partial charge in [0.15, 0.2) is 0 Å². The molecule has 0 atom stereocenters. The Bertz CT molecular complexity index is 523. The average Bonchev–Trinajstić information content (AvgIpc) is 2.54. The van der Waals surface area contributed by atoms with E-state index in [4.69, 9.17) is 0 Å². The van der Waals surface area contributed by atoms with Crippen molar-refractivity contribution in [1.82, 2.24) is 15.5 Å². The van der Waals surface area contributed by atoms with Crippen LogP contribution in [0.25, 0.3) is 6.08 Å². The number of carbonyl (C=O) groups excluding carboxylic acids is 1. The molecule has 1 aliphatic heterocycles. The lowest BCUT2D eigenvalue weighted by Gasteiger charge is -2.27. The predicted octanol–water partition coefficient (Wildman–Crippen LogP) is 2.38. The summed E-state index contributed by atoms with van der Waals surface area (Å²) in [6.45, 7) is 12.3. The summed E-state index contributed by atoms with van der Waals surface area (Å²) in [5.74, 6) is 0.00601. The second-order valence-electron chi connectivity index (χ2n) is 7.17. The molecule has 0 aliphatic carbocycles. The van der Waals surface area contributed by atoms with Crippen LogP contribution in [0, 0.1) is 5.41 Å². The normalized spacial score (nSPS) is 16.7. The maximum Gasteiger partial charge on any atom is 0.251 e. The Morgan fingerprint density at radius 1 is 1.22 bits per heavy atom. The zero-order valence-corrected chi connectivity index (χ0v) is 14.6. The minimum Gasteiger partial charge on any atom is -0.351 e. The van der Waals surface area contributed by atoms with E-state index in [0.717, 1.165) is 43.9 Å². The lowest BCUT2D eigenvalue weighted by Crippen LogP contribution is -2.46. The number of benzene rings is 1. The summed E-state index contributed by atoms with van der Waals surface area (Å²) >= 11 is 0. The van der Waals surface area contributed by atoms with E-state index in [0.29, 0.717) is 6.54 Å². The van der Waals surface area contributed by atoms with Gasteiger partial charge in [-0.05, 0) is 23.1 Å². The fraction of sp³-hybridized carbons (Fsp3) is 0.526. The second-order valence-corrected chi connectivity index (χ2v) is 7.17. The molecule has 0 bridgehead atoms. The topological polar surface area (TPSA) is 44.4 Å². The number of rotatable bonds is 5. The molecule has 1 aromatic rings. The quantitative estimate of drug-likeness (QED) is 0.877. The standard InChI is InChI=1S/C19H29N3O/c1-19(2,3)9-8-16-4-6-17(7-5-16)18(23)21-12-15-22-13-10-20-11-14-22/h4-9,20H,10-15H2,1-3H3,(H,21,23). The van der Waals surface area contributed by atoms with Crippen LogP contribution in [-0.2, 0) is 0 Å². The molecule has 1 saturated heterocycles. The third-order valence-electron chi connectivity index (χ3n) is 3.87. The van der Waals surface area contributed by atoms with Gasteiger partial charge in [0, 0.05) is 44.8 Å². The van der Waals surface area contributed by atoms with Crippen molar-refractivity contribution in [1.29, 1.82) is 0 Å². The number of hydrogen-bond acceptors (Lipinski definition) is 3. The molecule has 23 heavy (non-hydrogen) atoms. The van der Waals surface area contributed by atoms with E-state index in [1.807, 2.05) is 24.3 Å². The molecule has 1 aliphatic rings. The molecule has 0 aromatic heterocycles. The maximum absolute atomic E-state index is 12.2. The van der Waals surface area contributed by atoms with Gasteiger partial charge in [0.05, 0.1) is 0 Å². The predicted molar refractivity (Wildman–Crippen MR) is 96.6 cm³/mol. The minimum absolute atomic E-state index is 0.00601. The van der Waals surface area contributed by atoms with E-state index in [1.165, 1.54) is 0 Å². The molecule has 0 radical (unpaired) electrons. The smallest absolute Gasteiger partial charge is 0.251 e. The highest BCUT2D eigenvalue weighted by Crippen LogP contribution is 2.17. The third kappa shape index (κ3) is 6.55. The summed E-state index contributed by atoms with van der Waals surface area (Å²) in [4.78, 5) is 14.5. The van der Waals surface area contributed by atoms with Crippen LogP contribution >= 0.6 is 0 Å². The lowest BCUT2D eigenvalue weighted by atomic mass is 9.95. The van der Waals surface area contributed by atoms with E-state index in [9.17, 15) is 4.79 Å². The first-order chi connectivity index (χ1) is 10.9. The molecule has 126 valence electrons. The van der Waals surface area contributed by atoms with Crippen LogP contribution in [0.5, 0.6) is 0 Å². The summed E-state index contributed by atoms with van der Waals surface area (Å²) in [5.41, 5.74) is 2.01. The number of piperazine rings is 1. The van der Waals surface area contributed by atoms with Crippen molar-refractivity contribution in [2.75, 3.05) is 39.3 Å². The molecule has 2 N–H and O–H groups in total. The Morgan fingerprint density at radius 3 is 2.48 bits per heavy atom. The van der Waals surface area contributed by atoms with Crippen molar-refractivity contribution in [2.45, 2.75) is 20.8 Å². The molecule has 4 heteroatoms. The number of hydrogen-bond donors (Lipinski definition) is 2. The van der Waals surface area contributed by atoms with E-state index in [2.05, 4.69) is 48.5 Å². The Balaban J connectivity index is 1.79. The van der Waals surface area contributed by atoms with Crippen LogP contribution in [0.3, 0.4) is 0 Å².